The maximum atomic E-state index is 13.3. The van der Waals surface area contributed by atoms with Gasteiger partial charge in [-0.2, -0.15) is 18.3 Å². The maximum absolute atomic E-state index is 13.3. The molecule has 11 heteroatoms. The van der Waals surface area contributed by atoms with E-state index >= 15 is 0 Å². The Labute approximate surface area is 172 Å². The van der Waals surface area contributed by atoms with Gasteiger partial charge in [0.1, 0.15) is 17.3 Å². The Morgan fingerprint density at radius 1 is 1.20 bits per heavy atom. The number of aromatic nitrogens is 2. The zero-order valence-electron chi connectivity index (χ0n) is 15.2. The molecule has 1 aromatic heterocycles. The van der Waals surface area contributed by atoms with Gasteiger partial charge >= 0.3 is 6.18 Å². The third-order valence-corrected chi connectivity index (χ3v) is 4.34. The minimum absolute atomic E-state index is 0.0816. The molecular formula is C19H14ClF4N3O3. The lowest BCUT2D eigenvalue weighted by molar-refractivity contribution is -0.137. The molecule has 0 aliphatic carbocycles. The topological polar surface area (TPSA) is 87.2 Å². The zero-order valence-corrected chi connectivity index (χ0v) is 16.0. The van der Waals surface area contributed by atoms with E-state index in [1.54, 1.807) is 0 Å². The number of nitrogens with zero attached hydrogens (tertiary/aromatic N) is 1. The second-order valence-corrected chi connectivity index (χ2v) is 6.67. The van der Waals surface area contributed by atoms with E-state index < -0.39 is 34.4 Å². The molecule has 0 bridgehead atoms. The van der Waals surface area contributed by atoms with Gasteiger partial charge < -0.3 is 15.2 Å². The van der Waals surface area contributed by atoms with E-state index in [0.717, 1.165) is 24.3 Å². The van der Waals surface area contributed by atoms with E-state index in [4.69, 9.17) is 16.3 Å². The minimum atomic E-state index is -4.78. The Kier molecular flexibility index (Phi) is 5.99. The number of H-pyrrole nitrogens is 1. The van der Waals surface area contributed by atoms with E-state index in [-0.39, 0.29) is 22.7 Å². The number of aliphatic hydroxyl groups is 1. The summed E-state index contributed by atoms with van der Waals surface area (Å²) >= 11 is 5.78. The molecule has 3 aromatic rings. The Bertz CT molecular complexity index is 1130. The van der Waals surface area contributed by atoms with Gasteiger partial charge in [0.15, 0.2) is 6.23 Å². The second-order valence-electron chi connectivity index (χ2n) is 6.26. The summed E-state index contributed by atoms with van der Waals surface area (Å²) in [5.41, 5.74) is -1.45. The molecule has 0 saturated heterocycles. The summed E-state index contributed by atoms with van der Waals surface area (Å²) in [5, 5.41) is 18.1. The SMILES string of the molecule is Cc1cc(F)ccc1Oc1cc(C(F)(F)F)c(Cl)cc1C(O)Nc1cn[nH]c(=O)c1. The van der Waals surface area contributed by atoms with Crippen LogP contribution in [0.4, 0.5) is 23.2 Å². The predicted octanol–water partition coefficient (Wildman–Crippen LogP) is 4.78. The van der Waals surface area contributed by atoms with Gasteiger partial charge in [-0.1, -0.05) is 11.6 Å². The van der Waals surface area contributed by atoms with Gasteiger partial charge in [0.05, 0.1) is 22.5 Å². The molecule has 0 amide bonds. The van der Waals surface area contributed by atoms with Crippen molar-refractivity contribution >= 4 is 17.3 Å². The summed E-state index contributed by atoms with van der Waals surface area (Å²) < 4.78 is 58.8. The van der Waals surface area contributed by atoms with Gasteiger partial charge in [0.2, 0.25) is 0 Å². The maximum Gasteiger partial charge on any atom is 0.417 e. The van der Waals surface area contributed by atoms with Gasteiger partial charge in [-0.05, 0) is 42.8 Å². The molecule has 0 saturated carbocycles. The monoisotopic (exact) mass is 443 g/mol. The number of alkyl halides is 3. The number of ether oxygens (including phenoxy) is 1. The Hall–Kier alpha value is -3.11. The summed E-state index contributed by atoms with van der Waals surface area (Å²) in [6.07, 6.45) is -5.19. The van der Waals surface area contributed by atoms with Gasteiger partial charge in [-0.3, -0.25) is 4.79 Å². The van der Waals surface area contributed by atoms with E-state index in [0.29, 0.717) is 11.6 Å². The largest absolute Gasteiger partial charge is 0.457 e. The molecule has 0 radical (unpaired) electrons. The fourth-order valence-corrected chi connectivity index (χ4v) is 2.90. The number of halogens is 5. The van der Waals surface area contributed by atoms with Crippen LogP contribution < -0.4 is 15.6 Å². The van der Waals surface area contributed by atoms with Crippen molar-refractivity contribution in [2.45, 2.75) is 19.3 Å². The number of aryl methyl sites for hydroxylation is 1. The van der Waals surface area contributed by atoms with Crippen LogP contribution in [0.2, 0.25) is 5.02 Å². The average Bonchev–Trinajstić information content (AvgIpc) is 2.64. The van der Waals surface area contributed by atoms with Crippen LogP contribution in [0.3, 0.4) is 0 Å². The van der Waals surface area contributed by atoms with Gasteiger partial charge in [-0.25, -0.2) is 9.49 Å². The Morgan fingerprint density at radius 3 is 2.57 bits per heavy atom. The first-order chi connectivity index (χ1) is 14.0. The summed E-state index contributed by atoms with van der Waals surface area (Å²) in [4.78, 5) is 11.3. The molecule has 6 nitrogen and oxygen atoms in total. The van der Waals surface area contributed by atoms with E-state index in [1.807, 2.05) is 0 Å². The fourth-order valence-electron chi connectivity index (χ4n) is 2.62. The van der Waals surface area contributed by atoms with Crippen LogP contribution in [0.5, 0.6) is 11.5 Å². The van der Waals surface area contributed by atoms with Crippen LogP contribution in [0.25, 0.3) is 0 Å². The van der Waals surface area contributed by atoms with Crippen LogP contribution in [0.15, 0.2) is 47.4 Å². The number of aliphatic hydroxyl groups excluding tert-OH is 1. The summed E-state index contributed by atoms with van der Waals surface area (Å²) in [6.45, 7) is 1.51. The molecule has 1 atom stereocenters. The molecule has 0 spiro atoms. The third-order valence-electron chi connectivity index (χ3n) is 4.02. The molecule has 0 fully saturated rings. The van der Waals surface area contributed by atoms with E-state index in [2.05, 4.69) is 15.5 Å². The van der Waals surface area contributed by atoms with Crippen molar-refractivity contribution in [3.05, 3.63) is 80.5 Å². The van der Waals surface area contributed by atoms with E-state index in [9.17, 15) is 27.5 Å². The lowest BCUT2D eigenvalue weighted by atomic mass is 10.1. The lowest BCUT2D eigenvalue weighted by Crippen LogP contribution is -2.15. The van der Waals surface area contributed by atoms with Crippen molar-refractivity contribution in [2.75, 3.05) is 5.32 Å². The highest BCUT2D eigenvalue weighted by Gasteiger charge is 2.35. The van der Waals surface area contributed by atoms with E-state index in [1.165, 1.54) is 19.2 Å². The molecular weight excluding hydrogens is 430 g/mol. The van der Waals surface area contributed by atoms with Crippen molar-refractivity contribution in [1.29, 1.82) is 0 Å². The molecule has 30 heavy (non-hydrogen) atoms. The van der Waals surface area contributed by atoms with Crippen molar-refractivity contribution in [2.24, 2.45) is 0 Å². The fraction of sp³-hybridized carbons (Fsp3) is 0.158. The van der Waals surface area contributed by atoms with Crippen LogP contribution in [0.1, 0.15) is 22.9 Å². The van der Waals surface area contributed by atoms with Crippen molar-refractivity contribution in [3.63, 3.8) is 0 Å². The number of nitrogens with one attached hydrogen (secondary N) is 2. The van der Waals surface area contributed by atoms with Gasteiger partial charge in [-0.15, -0.1) is 0 Å². The van der Waals surface area contributed by atoms with Crippen LogP contribution in [-0.4, -0.2) is 15.3 Å². The number of hydrogen-bond donors (Lipinski definition) is 3. The first-order valence-electron chi connectivity index (χ1n) is 8.38. The van der Waals surface area contributed by atoms with Crippen LogP contribution in [-0.2, 0) is 6.18 Å². The molecule has 1 unspecified atom stereocenters. The quantitative estimate of drug-likeness (QED) is 0.390. The Balaban J connectivity index is 2.06. The summed E-state index contributed by atoms with van der Waals surface area (Å²) in [6, 6.07) is 6.10. The third kappa shape index (κ3) is 4.89. The normalized spacial score (nSPS) is 12.5. The van der Waals surface area contributed by atoms with Crippen LogP contribution in [0, 0.1) is 12.7 Å². The molecule has 2 aromatic carbocycles. The molecule has 1 heterocycles. The average molecular weight is 444 g/mol. The number of benzene rings is 2. The number of anilines is 1. The summed E-state index contributed by atoms with van der Waals surface area (Å²) in [7, 11) is 0. The summed E-state index contributed by atoms with van der Waals surface area (Å²) in [5.74, 6) is -0.826. The number of aromatic amines is 1. The molecule has 3 N–H and O–H groups in total. The van der Waals surface area contributed by atoms with Gasteiger partial charge in [0.25, 0.3) is 5.56 Å². The molecule has 158 valence electrons. The zero-order chi connectivity index (χ0) is 22.1. The molecule has 0 aliphatic heterocycles. The first-order valence-corrected chi connectivity index (χ1v) is 8.76. The van der Waals surface area contributed by atoms with Crippen molar-refractivity contribution in [3.8, 4) is 11.5 Å². The first kappa shape index (κ1) is 21.6. The highest BCUT2D eigenvalue weighted by Crippen LogP contribution is 2.42. The number of rotatable bonds is 5. The van der Waals surface area contributed by atoms with Crippen molar-refractivity contribution in [1.82, 2.24) is 10.2 Å². The molecule has 0 aliphatic rings. The highest BCUT2D eigenvalue weighted by molar-refractivity contribution is 6.31. The highest BCUT2D eigenvalue weighted by atomic mass is 35.5. The number of hydrogen-bond acceptors (Lipinski definition) is 5. The molecule has 3 rings (SSSR count). The standard InChI is InChI=1S/C19H14ClF4N3O3/c1-9-4-10(21)2-3-15(9)30-16-7-13(19(22,23)24)14(20)6-12(16)18(29)26-11-5-17(28)27-25-8-11/h2-8,18,29H,1H3,(H2,26,27,28). The minimum Gasteiger partial charge on any atom is -0.457 e. The predicted molar refractivity (Wildman–Crippen MR) is 101 cm³/mol. The Morgan fingerprint density at radius 2 is 1.93 bits per heavy atom. The van der Waals surface area contributed by atoms with Crippen molar-refractivity contribution < 1.29 is 27.4 Å². The second kappa shape index (κ2) is 8.33. The van der Waals surface area contributed by atoms with Crippen LogP contribution >= 0.6 is 11.6 Å². The van der Waals surface area contributed by atoms with Gasteiger partial charge in [0, 0.05) is 11.6 Å². The lowest BCUT2D eigenvalue weighted by Gasteiger charge is -2.21. The smallest absolute Gasteiger partial charge is 0.417 e.